The number of hydrogen-bond donors (Lipinski definition) is 1. The van der Waals surface area contributed by atoms with Crippen LogP contribution in [-0.4, -0.2) is 80.4 Å². The van der Waals surface area contributed by atoms with Crippen molar-refractivity contribution in [3.8, 4) is 11.5 Å². The van der Waals surface area contributed by atoms with Crippen LogP contribution in [0.1, 0.15) is 0 Å². The molecule has 3 rings (SSSR count). The molecule has 1 fully saturated rings. The van der Waals surface area contributed by atoms with Gasteiger partial charge in [0, 0.05) is 24.8 Å². The molecule has 0 atom stereocenters. The number of benzene rings is 2. The van der Waals surface area contributed by atoms with Crippen LogP contribution in [0.5, 0.6) is 11.5 Å². The van der Waals surface area contributed by atoms with E-state index in [-0.39, 0.29) is 23.7 Å². The molecule has 1 heterocycles. The van der Waals surface area contributed by atoms with Gasteiger partial charge in [0.1, 0.15) is 6.54 Å². The summed E-state index contributed by atoms with van der Waals surface area (Å²) in [5.41, 5.74) is 0.550. The number of nitrogens with zero attached hydrogens (tertiary/aromatic N) is 2. The number of morpholine rings is 1. The summed E-state index contributed by atoms with van der Waals surface area (Å²) in [7, 11) is -4.64. The van der Waals surface area contributed by atoms with Gasteiger partial charge in [-0.1, -0.05) is 0 Å². The Bertz CT molecular complexity index is 1230. The molecule has 0 saturated carbocycles. The summed E-state index contributed by atoms with van der Waals surface area (Å²) < 4.78 is 68.2. The Labute approximate surface area is 199 Å². The van der Waals surface area contributed by atoms with Gasteiger partial charge in [0.15, 0.2) is 11.5 Å². The molecule has 0 unspecified atom stereocenters. The van der Waals surface area contributed by atoms with Gasteiger partial charge in [-0.05, 0) is 36.4 Å². The monoisotopic (exact) mass is 513 g/mol. The summed E-state index contributed by atoms with van der Waals surface area (Å²) in [6.45, 7) is 0.608. The maximum atomic E-state index is 12.8. The molecule has 0 aliphatic carbocycles. The topological polar surface area (TPSA) is 132 Å². The highest BCUT2D eigenvalue weighted by atomic mass is 32.2. The van der Waals surface area contributed by atoms with Gasteiger partial charge in [0.2, 0.25) is 26.0 Å². The largest absolute Gasteiger partial charge is 0.493 e. The summed E-state index contributed by atoms with van der Waals surface area (Å²) in [4.78, 5) is 12.7. The van der Waals surface area contributed by atoms with Crippen LogP contribution in [0.2, 0.25) is 0 Å². The molecular weight excluding hydrogens is 486 g/mol. The lowest BCUT2D eigenvalue weighted by Gasteiger charge is -2.26. The van der Waals surface area contributed by atoms with E-state index in [1.807, 2.05) is 0 Å². The van der Waals surface area contributed by atoms with Crippen molar-refractivity contribution in [1.82, 2.24) is 4.31 Å². The van der Waals surface area contributed by atoms with Gasteiger partial charge in [0.05, 0.1) is 44.3 Å². The standard InChI is InChI=1S/C21H27N3O8S2/c1-30-19-9-4-16(14-20(19)31-2)22-21(25)15-24(33(3,26)27)17-5-7-18(8-6-17)34(28,29)23-10-12-32-13-11-23/h4-9,14H,10-13,15H2,1-3H3,(H,22,25). The predicted octanol–water partition coefficient (Wildman–Crippen LogP) is 1.13. The maximum absolute atomic E-state index is 12.8. The van der Waals surface area contributed by atoms with Crippen molar-refractivity contribution in [3.05, 3.63) is 42.5 Å². The molecule has 1 N–H and O–H groups in total. The van der Waals surface area contributed by atoms with Crippen LogP contribution in [0.25, 0.3) is 0 Å². The van der Waals surface area contributed by atoms with E-state index in [4.69, 9.17) is 14.2 Å². The molecule has 2 aromatic carbocycles. The number of hydrogen-bond acceptors (Lipinski definition) is 8. The Hall–Kier alpha value is -2.87. The summed E-state index contributed by atoms with van der Waals surface area (Å²) in [5, 5.41) is 2.62. The fourth-order valence-corrected chi connectivity index (χ4v) is 5.63. The van der Waals surface area contributed by atoms with E-state index < -0.39 is 32.5 Å². The number of amides is 1. The van der Waals surface area contributed by atoms with Crippen LogP contribution in [0.4, 0.5) is 11.4 Å². The van der Waals surface area contributed by atoms with Crippen LogP contribution in [-0.2, 0) is 29.6 Å². The van der Waals surface area contributed by atoms with Gasteiger partial charge in [-0.25, -0.2) is 16.8 Å². The third-order valence-electron chi connectivity index (χ3n) is 5.09. The van der Waals surface area contributed by atoms with E-state index in [1.54, 1.807) is 18.2 Å². The summed E-state index contributed by atoms with van der Waals surface area (Å²) >= 11 is 0. The molecule has 1 amide bonds. The van der Waals surface area contributed by atoms with Gasteiger partial charge in [-0.2, -0.15) is 4.31 Å². The maximum Gasteiger partial charge on any atom is 0.245 e. The minimum atomic E-state index is -3.85. The zero-order valence-corrected chi connectivity index (χ0v) is 20.7. The first-order valence-corrected chi connectivity index (χ1v) is 13.5. The Morgan fingerprint density at radius 1 is 1.00 bits per heavy atom. The van der Waals surface area contributed by atoms with Crippen molar-refractivity contribution < 1.29 is 35.8 Å². The Balaban J connectivity index is 1.78. The Morgan fingerprint density at radius 2 is 1.62 bits per heavy atom. The molecule has 0 radical (unpaired) electrons. The lowest BCUT2D eigenvalue weighted by Crippen LogP contribution is -2.40. The number of carbonyl (C=O) groups is 1. The van der Waals surface area contributed by atoms with Gasteiger partial charge < -0.3 is 19.5 Å². The molecule has 1 aliphatic heterocycles. The highest BCUT2D eigenvalue weighted by molar-refractivity contribution is 7.92. The minimum Gasteiger partial charge on any atom is -0.493 e. The molecule has 1 aliphatic rings. The minimum absolute atomic E-state index is 0.0291. The number of nitrogens with one attached hydrogen (secondary N) is 1. The number of carbonyl (C=O) groups excluding carboxylic acids is 1. The van der Waals surface area contributed by atoms with Crippen molar-refractivity contribution in [2.45, 2.75) is 4.90 Å². The van der Waals surface area contributed by atoms with Gasteiger partial charge in [-0.3, -0.25) is 9.10 Å². The van der Waals surface area contributed by atoms with Crippen LogP contribution in [0, 0.1) is 0 Å². The van der Waals surface area contributed by atoms with E-state index in [9.17, 15) is 21.6 Å². The lowest BCUT2D eigenvalue weighted by molar-refractivity contribution is -0.114. The molecule has 1 saturated heterocycles. The fraction of sp³-hybridized carbons (Fsp3) is 0.381. The van der Waals surface area contributed by atoms with Crippen molar-refractivity contribution >= 4 is 37.3 Å². The molecule has 0 aromatic heterocycles. The molecular formula is C21H27N3O8S2. The van der Waals surface area contributed by atoms with Crippen LogP contribution in [0.3, 0.4) is 0 Å². The number of methoxy groups -OCH3 is 2. The average Bonchev–Trinajstić information content (AvgIpc) is 2.82. The van der Waals surface area contributed by atoms with Gasteiger partial charge in [0.25, 0.3) is 0 Å². The third-order valence-corrected chi connectivity index (χ3v) is 8.14. The van der Waals surface area contributed by atoms with Crippen molar-refractivity contribution in [3.63, 3.8) is 0 Å². The van der Waals surface area contributed by atoms with Crippen LogP contribution < -0.4 is 19.1 Å². The molecule has 0 bridgehead atoms. The second-order valence-corrected chi connectivity index (χ2v) is 11.2. The quantitative estimate of drug-likeness (QED) is 0.528. The van der Waals surface area contributed by atoms with E-state index in [0.29, 0.717) is 30.4 Å². The molecule has 34 heavy (non-hydrogen) atoms. The first-order valence-electron chi connectivity index (χ1n) is 10.2. The Kier molecular flexibility index (Phi) is 8.02. The van der Waals surface area contributed by atoms with Gasteiger partial charge in [-0.15, -0.1) is 0 Å². The SMILES string of the molecule is COc1ccc(NC(=O)CN(c2ccc(S(=O)(=O)N3CCOCC3)cc2)S(C)(=O)=O)cc1OC. The lowest BCUT2D eigenvalue weighted by atomic mass is 10.2. The second-order valence-electron chi connectivity index (χ2n) is 7.40. The van der Waals surface area contributed by atoms with E-state index >= 15 is 0 Å². The summed E-state index contributed by atoms with van der Waals surface area (Å²) in [6.07, 6.45) is 0.967. The Morgan fingerprint density at radius 3 is 2.18 bits per heavy atom. The second kappa shape index (κ2) is 10.6. The number of anilines is 2. The first kappa shape index (κ1) is 25.7. The number of rotatable bonds is 9. The average molecular weight is 514 g/mol. The molecule has 0 spiro atoms. The van der Waals surface area contributed by atoms with Crippen LogP contribution in [0.15, 0.2) is 47.4 Å². The summed E-state index contributed by atoms with van der Waals surface area (Å²) in [5.74, 6) is 0.283. The number of ether oxygens (including phenoxy) is 3. The molecule has 13 heteroatoms. The highest BCUT2D eigenvalue weighted by Gasteiger charge is 2.27. The zero-order valence-electron chi connectivity index (χ0n) is 19.1. The van der Waals surface area contributed by atoms with Crippen molar-refractivity contribution in [2.75, 3.05) is 62.9 Å². The third kappa shape index (κ3) is 5.97. The predicted molar refractivity (Wildman–Crippen MR) is 126 cm³/mol. The first-order chi connectivity index (χ1) is 16.1. The molecule has 2 aromatic rings. The van der Waals surface area contributed by atoms with E-state index in [0.717, 1.165) is 10.6 Å². The smallest absolute Gasteiger partial charge is 0.245 e. The molecule has 186 valence electrons. The van der Waals surface area contributed by atoms with Crippen LogP contribution >= 0.6 is 0 Å². The summed E-state index contributed by atoms with van der Waals surface area (Å²) in [6, 6.07) is 10.1. The van der Waals surface area contributed by atoms with Crippen molar-refractivity contribution in [2.24, 2.45) is 0 Å². The highest BCUT2D eigenvalue weighted by Crippen LogP contribution is 2.30. The molecule has 11 nitrogen and oxygen atoms in total. The van der Waals surface area contributed by atoms with E-state index in [2.05, 4.69) is 5.32 Å². The van der Waals surface area contributed by atoms with Crippen molar-refractivity contribution in [1.29, 1.82) is 0 Å². The number of sulfonamides is 2. The van der Waals surface area contributed by atoms with Gasteiger partial charge >= 0.3 is 0 Å². The van der Waals surface area contributed by atoms with E-state index in [1.165, 1.54) is 42.8 Å². The normalized spacial score (nSPS) is 14.9. The fourth-order valence-electron chi connectivity index (χ4n) is 3.37. The zero-order chi connectivity index (χ0) is 24.9.